The smallest absolute Gasteiger partial charge is 0.323 e. The number of benzene rings is 1. The molecule has 1 amide bonds. The van der Waals surface area contributed by atoms with Crippen LogP contribution >= 0.6 is 0 Å². The van der Waals surface area contributed by atoms with Crippen LogP contribution in [-0.2, 0) is 25.5 Å². The third-order valence-electron chi connectivity index (χ3n) is 6.27. The third kappa shape index (κ3) is 5.59. The Labute approximate surface area is 177 Å². The van der Waals surface area contributed by atoms with Crippen LogP contribution in [0.15, 0.2) is 30.3 Å². The van der Waals surface area contributed by atoms with E-state index >= 15 is 0 Å². The second kappa shape index (κ2) is 10.6. The molecule has 3 rings (SSSR count). The fourth-order valence-electron chi connectivity index (χ4n) is 4.84. The van der Waals surface area contributed by atoms with E-state index < -0.39 is 18.1 Å². The predicted molar refractivity (Wildman–Crippen MR) is 112 cm³/mol. The first-order valence-electron chi connectivity index (χ1n) is 11.0. The molecule has 0 aromatic heterocycles. The molecule has 30 heavy (non-hydrogen) atoms. The van der Waals surface area contributed by atoms with Gasteiger partial charge in [-0.05, 0) is 56.9 Å². The molecule has 1 aromatic rings. The van der Waals surface area contributed by atoms with Crippen molar-refractivity contribution in [2.75, 3.05) is 13.2 Å². The molecule has 7 heteroatoms. The number of rotatable bonds is 9. The molecule has 0 spiro atoms. The standard InChI is InChI=1S/C23H32N2O5/c1-2-30-23(29)19(13-11-16-7-4-3-5-8-16)24-18-14-12-17-9-6-10-20(17)25(22(18)28)15-21(26)27/h3-5,7-8,17-20,24H,2,6,9-15H2,1H3,(H,26,27)/t17?,18?,19-,20?/m0/s1. The maximum Gasteiger partial charge on any atom is 0.323 e. The molecule has 164 valence electrons. The number of aliphatic carboxylic acids is 1. The Morgan fingerprint density at radius 2 is 1.97 bits per heavy atom. The van der Waals surface area contributed by atoms with E-state index in [2.05, 4.69) is 5.32 Å². The molecule has 7 nitrogen and oxygen atoms in total. The fraction of sp³-hybridized carbons (Fsp3) is 0.609. The Hall–Kier alpha value is -2.41. The summed E-state index contributed by atoms with van der Waals surface area (Å²) in [5.41, 5.74) is 1.11. The van der Waals surface area contributed by atoms with E-state index in [-0.39, 0.29) is 31.1 Å². The summed E-state index contributed by atoms with van der Waals surface area (Å²) in [4.78, 5) is 38.8. The van der Waals surface area contributed by atoms with E-state index in [9.17, 15) is 19.5 Å². The molecule has 0 bridgehead atoms. The summed E-state index contributed by atoms with van der Waals surface area (Å²) in [6.07, 6.45) is 5.57. The zero-order valence-electron chi connectivity index (χ0n) is 17.6. The Kier molecular flexibility index (Phi) is 7.85. The van der Waals surface area contributed by atoms with Crippen molar-refractivity contribution in [2.24, 2.45) is 5.92 Å². The van der Waals surface area contributed by atoms with Crippen molar-refractivity contribution in [3.05, 3.63) is 35.9 Å². The summed E-state index contributed by atoms with van der Waals surface area (Å²) < 4.78 is 5.25. The lowest BCUT2D eigenvalue weighted by atomic mass is 9.97. The van der Waals surface area contributed by atoms with E-state index in [0.29, 0.717) is 25.2 Å². The number of nitrogens with one attached hydrogen (secondary N) is 1. The number of carboxylic acid groups (broad SMARTS) is 1. The maximum atomic E-state index is 13.3. The molecular weight excluding hydrogens is 384 g/mol. The van der Waals surface area contributed by atoms with Crippen molar-refractivity contribution in [1.29, 1.82) is 0 Å². The van der Waals surface area contributed by atoms with Gasteiger partial charge in [-0.15, -0.1) is 0 Å². The molecule has 2 aliphatic rings. The summed E-state index contributed by atoms with van der Waals surface area (Å²) in [5, 5.41) is 12.6. The molecule has 1 heterocycles. The minimum absolute atomic E-state index is 0.00855. The van der Waals surface area contributed by atoms with Crippen LogP contribution in [-0.4, -0.2) is 59.1 Å². The molecule has 1 saturated heterocycles. The Morgan fingerprint density at radius 1 is 1.20 bits per heavy atom. The topological polar surface area (TPSA) is 95.9 Å². The highest BCUT2D eigenvalue weighted by atomic mass is 16.5. The van der Waals surface area contributed by atoms with E-state index in [0.717, 1.165) is 31.2 Å². The summed E-state index contributed by atoms with van der Waals surface area (Å²) >= 11 is 0. The van der Waals surface area contributed by atoms with E-state index in [1.165, 1.54) is 4.90 Å². The van der Waals surface area contributed by atoms with Gasteiger partial charge in [0.05, 0.1) is 12.6 Å². The first-order valence-corrected chi connectivity index (χ1v) is 11.0. The highest BCUT2D eigenvalue weighted by Gasteiger charge is 2.42. The van der Waals surface area contributed by atoms with Crippen molar-refractivity contribution >= 4 is 17.8 Å². The summed E-state index contributed by atoms with van der Waals surface area (Å²) in [6.45, 7) is 1.75. The number of aryl methyl sites for hydroxylation is 1. The van der Waals surface area contributed by atoms with Gasteiger partial charge in [-0.1, -0.05) is 36.8 Å². The largest absolute Gasteiger partial charge is 0.480 e. The van der Waals surface area contributed by atoms with Crippen molar-refractivity contribution in [2.45, 2.75) is 70.0 Å². The highest BCUT2D eigenvalue weighted by molar-refractivity contribution is 5.87. The molecule has 1 aliphatic carbocycles. The molecule has 1 saturated carbocycles. The number of carboxylic acids is 1. The Morgan fingerprint density at radius 3 is 2.67 bits per heavy atom. The van der Waals surface area contributed by atoms with Crippen molar-refractivity contribution in [1.82, 2.24) is 10.2 Å². The number of carbonyl (C=O) groups is 3. The summed E-state index contributed by atoms with van der Waals surface area (Å²) in [6, 6.07) is 8.69. The van der Waals surface area contributed by atoms with Crippen LogP contribution in [0.1, 0.15) is 51.0 Å². The van der Waals surface area contributed by atoms with Crippen LogP contribution in [0.25, 0.3) is 0 Å². The number of hydrogen-bond donors (Lipinski definition) is 2. The molecule has 1 aliphatic heterocycles. The molecule has 0 radical (unpaired) electrons. The van der Waals surface area contributed by atoms with Crippen molar-refractivity contribution in [3.63, 3.8) is 0 Å². The second-order valence-electron chi connectivity index (χ2n) is 8.24. The summed E-state index contributed by atoms with van der Waals surface area (Å²) in [5.74, 6) is -1.23. The Bertz CT molecular complexity index is 738. The van der Waals surface area contributed by atoms with Crippen LogP contribution in [0, 0.1) is 5.92 Å². The number of amides is 1. The normalized spacial score (nSPS) is 24.8. The number of likely N-dealkylation sites (tertiary alicyclic amines) is 1. The average molecular weight is 417 g/mol. The molecule has 1 aromatic carbocycles. The first-order chi connectivity index (χ1) is 14.5. The number of ether oxygens (including phenoxy) is 1. The van der Waals surface area contributed by atoms with Crippen molar-refractivity contribution < 1.29 is 24.2 Å². The van der Waals surface area contributed by atoms with Gasteiger partial charge in [-0.25, -0.2) is 0 Å². The van der Waals surface area contributed by atoms with E-state index in [1.807, 2.05) is 30.3 Å². The van der Waals surface area contributed by atoms with Gasteiger partial charge in [0, 0.05) is 6.04 Å². The minimum atomic E-state index is -0.999. The second-order valence-corrected chi connectivity index (χ2v) is 8.24. The van der Waals surface area contributed by atoms with Gasteiger partial charge in [0.25, 0.3) is 0 Å². The number of carbonyl (C=O) groups excluding carboxylic acids is 2. The van der Waals surface area contributed by atoms with Crippen molar-refractivity contribution in [3.8, 4) is 0 Å². The molecular formula is C23H32N2O5. The zero-order chi connectivity index (χ0) is 21.5. The Balaban J connectivity index is 1.73. The lowest BCUT2D eigenvalue weighted by Crippen LogP contribution is -2.54. The van der Waals surface area contributed by atoms with Crippen LogP contribution in [0.5, 0.6) is 0 Å². The van der Waals surface area contributed by atoms with Crippen LogP contribution in [0.4, 0.5) is 0 Å². The quantitative estimate of drug-likeness (QED) is 0.600. The van der Waals surface area contributed by atoms with Crippen LogP contribution in [0.3, 0.4) is 0 Å². The monoisotopic (exact) mass is 416 g/mol. The van der Waals surface area contributed by atoms with Gasteiger partial charge in [0.2, 0.25) is 5.91 Å². The van der Waals surface area contributed by atoms with Gasteiger partial charge >= 0.3 is 11.9 Å². The highest BCUT2D eigenvalue weighted by Crippen LogP contribution is 2.36. The fourth-order valence-corrected chi connectivity index (χ4v) is 4.84. The SMILES string of the molecule is CCOC(=O)[C@H](CCc1ccccc1)NC1CCC2CCCC2N(CC(=O)O)C1=O. The van der Waals surface area contributed by atoms with Crippen LogP contribution < -0.4 is 5.32 Å². The van der Waals surface area contributed by atoms with Gasteiger partial charge in [-0.3, -0.25) is 19.7 Å². The number of hydrogen-bond acceptors (Lipinski definition) is 5. The van der Waals surface area contributed by atoms with Gasteiger partial charge < -0.3 is 14.7 Å². The van der Waals surface area contributed by atoms with Gasteiger partial charge in [-0.2, -0.15) is 0 Å². The maximum absolute atomic E-state index is 13.3. The lowest BCUT2D eigenvalue weighted by molar-refractivity contribution is -0.149. The van der Waals surface area contributed by atoms with Crippen LogP contribution in [0.2, 0.25) is 0 Å². The zero-order valence-corrected chi connectivity index (χ0v) is 17.6. The lowest BCUT2D eigenvalue weighted by Gasteiger charge is -2.31. The minimum Gasteiger partial charge on any atom is -0.480 e. The number of nitrogens with zero attached hydrogens (tertiary/aromatic N) is 1. The third-order valence-corrected chi connectivity index (χ3v) is 6.27. The molecule has 4 atom stereocenters. The van der Waals surface area contributed by atoms with E-state index in [4.69, 9.17) is 4.74 Å². The predicted octanol–water partition coefficient (Wildman–Crippen LogP) is 2.38. The van der Waals surface area contributed by atoms with Gasteiger partial charge in [0.15, 0.2) is 0 Å². The molecule has 3 unspecified atom stereocenters. The number of fused-ring (bicyclic) bond motifs is 1. The summed E-state index contributed by atoms with van der Waals surface area (Å²) in [7, 11) is 0. The van der Waals surface area contributed by atoms with Gasteiger partial charge in [0.1, 0.15) is 12.6 Å². The molecule has 2 N–H and O–H groups in total. The molecule has 2 fully saturated rings. The van der Waals surface area contributed by atoms with E-state index in [1.54, 1.807) is 6.92 Å². The first kappa shape index (κ1) is 22.3. The average Bonchev–Trinajstić information content (AvgIpc) is 3.16. The number of esters is 1.